The molecule has 1 aliphatic rings. The van der Waals surface area contributed by atoms with Crippen LogP contribution < -0.4 is 10.6 Å². The van der Waals surface area contributed by atoms with E-state index in [4.69, 9.17) is 10.9 Å². The van der Waals surface area contributed by atoms with Gasteiger partial charge in [-0.25, -0.2) is 0 Å². The molecule has 106 valence electrons. The highest BCUT2D eigenvalue weighted by molar-refractivity contribution is 6.02. The van der Waals surface area contributed by atoms with Gasteiger partial charge in [-0.1, -0.05) is 24.4 Å². The lowest BCUT2D eigenvalue weighted by Crippen LogP contribution is -2.36. The summed E-state index contributed by atoms with van der Waals surface area (Å²) in [5, 5.41) is 16.5. The van der Waals surface area contributed by atoms with Crippen LogP contribution in [0.1, 0.15) is 43.4 Å². The zero-order valence-electron chi connectivity index (χ0n) is 11.9. The first-order valence-electron chi connectivity index (χ1n) is 6.80. The Balaban J connectivity index is 2.37. The Kier molecular flexibility index (Phi) is 3.97. The Morgan fingerprint density at radius 2 is 2.05 bits per heavy atom. The lowest BCUT2D eigenvalue weighted by atomic mass is 9.94. The number of oxime groups is 1. The van der Waals surface area contributed by atoms with Crippen molar-refractivity contribution in [2.24, 2.45) is 17.9 Å². The summed E-state index contributed by atoms with van der Waals surface area (Å²) >= 11 is 0. The number of nitrogens with two attached hydrogens (primary N) is 1. The second kappa shape index (κ2) is 5.50. The van der Waals surface area contributed by atoms with Gasteiger partial charge in [-0.15, -0.1) is 0 Å². The number of nitrogens with zero attached hydrogens (tertiary/aromatic N) is 4. The van der Waals surface area contributed by atoms with Crippen LogP contribution in [-0.2, 0) is 7.05 Å². The molecule has 0 saturated heterocycles. The van der Waals surface area contributed by atoms with Crippen molar-refractivity contribution in [3.8, 4) is 0 Å². The molecule has 19 heavy (non-hydrogen) atoms. The predicted octanol–water partition coefficient (Wildman–Crippen LogP) is 1.59. The summed E-state index contributed by atoms with van der Waals surface area (Å²) in [6.07, 6.45) is 6.24. The van der Waals surface area contributed by atoms with E-state index in [0.717, 1.165) is 17.1 Å². The second-order valence-corrected chi connectivity index (χ2v) is 5.30. The Bertz CT molecular complexity index is 474. The van der Waals surface area contributed by atoms with Crippen LogP contribution in [-0.4, -0.2) is 33.9 Å². The predicted molar refractivity (Wildman–Crippen MR) is 75.7 cm³/mol. The van der Waals surface area contributed by atoms with E-state index in [9.17, 15) is 0 Å². The Morgan fingerprint density at radius 3 is 2.63 bits per heavy atom. The summed E-state index contributed by atoms with van der Waals surface area (Å²) in [6.45, 7) is 1.88. The third-order valence-electron chi connectivity index (χ3n) is 4.01. The number of rotatable bonds is 3. The summed E-state index contributed by atoms with van der Waals surface area (Å²) < 4.78 is 1.82. The molecule has 2 rings (SSSR count). The summed E-state index contributed by atoms with van der Waals surface area (Å²) in [4.78, 5) is 2.23. The first kappa shape index (κ1) is 13.7. The maximum Gasteiger partial charge on any atom is 0.175 e. The van der Waals surface area contributed by atoms with Crippen molar-refractivity contribution in [3.05, 3.63) is 11.3 Å². The molecule has 0 aliphatic heterocycles. The van der Waals surface area contributed by atoms with Gasteiger partial charge in [0.1, 0.15) is 5.82 Å². The molecule has 1 aromatic heterocycles. The highest BCUT2D eigenvalue weighted by atomic mass is 16.4. The average molecular weight is 265 g/mol. The maximum absolute atomic E-state index is 8.95. The van der Waals surface area contributed by atoms with Crippen LogP contribution >= 0.6 is 0 Å². The Labute approximate surface area is 113 Å². The molecule has 1 aliphatic carbocycles. The van der Waals surface area contributed by atoms with Crippen LogP contribution in [0, 0.1) is 6.92 Å². The Morgan fingerprint density at radius 1 is 1.42 bits per heavy atom. The van der Waals surface area contributed by atoms with E-state index < -0.39 is 0 Å². The highest BCUT2D eigenvalue weighted by Gasteiger charge is 2.26. The molecule has 3 N–H and O–H groups in total. The molecule has 0 aromatic carbocycles. The minimum Gasteiger partial charge on any atom is -0.409 e. The number of amidine groups is 1. The lowest BCUT2D eigenvalue weighted by Gasteiger charge is -2.33. The summed E-state index contributed by atoms with van der Waals surface area (Å²) in [5.41, 5.74) is 7.32. The zero-order chi connectivity index (χ0) is 14.0. The quantitative estimate of drug-likeness (QED) is 0.376. The fourth-order valence-electron chi connectivity index (χ4n) is 3.04. The highest BCUT2D eigenvalue weighted by Crippen LogP contribution is 2.29. The van der Waals surface area contributed by atoms with Gasteiger partial charge >= 0.3 is 0 Å². The van der Waals surface area contributed by atoms with E-state index >= 15 is 0 Å². The monoisotopic (exact) mass is 265 g/mol. The molecule has 0 atom stereocenters. The molecule has 1 saturated carbocycles. The van der Waals surface area contributed by atoms with Crippen molar-refractivity contribution >= 4 is 11.7 Å². The van der Waals surface area contributed by atoms with Gasteiger partial charge < -0.3 is 15.8 Å². The van der Waals surface area contributed by atoms with Crippen molar-refractivity contribution in [1.29, 1.82) is 0 Å². The van der Waals surface area contributed by atoms with Gasteiger partial charge in [0.05, 0.1) is 11.3 Å². The molecule has 0 bridgehead atoms. The van der Waals surface area contributed by atoms with Crippen molar-refractivity contribution < 1.29 is 5.21 Å². The first-order valence-corrected chi connectivity index (χ1v) is 6.80. The van der Waals surface area contributed by atoms with Crippen molar-refractivity contribution in [3.63, 3.8) is 0 Å². The molecule has 6 heteroatoms. The van der Waals surface area contributed by atoms with Crippen LogP contribution in [0.5, 0.6) is 0 Å². The van der Waals surface area contributed by atoms with Gasteiger partial charge in [0.15, 0.2) is 5.84 Å². The van der Waals surface area contributed by atoms with Crippen molar-refractivity contribution in [2.45, 2.75) is 45.1 Å². The van der Waals surface area contributed by atoms with Gasteiger partial charge in [-0.05, 0) is 19.8 Å². The number of aromatic nitrogens is 2. The summed E-state index contributed by atoms with van der Waals surface area (Å²) in [7, 11) is 3.97. The normalized spacial score (nSPS) is 17.7. The van der Waals surface area contributed by atoms with E-state index in [1.165, 1.54) is 32.1 Å². The van der Waals surface area contributed by atoms with E-state index in [0.29, 0.717) is 6.04 Å². The maximum atomic E-state index is 8.95. The van der Waals surface area contributed by atoms with Crippen molar-refractivity contribution in [2.75, 3.05) is 11.9 Å². The standard InChI is InChI=1S/C13H23N5O/c1-9-11(12(14)16-19)13(18(3)15-9)17(2)10-7-5-4-6-8-10/h10,19H,4-8H2,1-3H3,(H2,14,16). The third-order valence-corrected chi connectivity index (χ3v) is 4.01. The number of hydrogen-bond acceptors (Lipinski definition) is 4. The van der Waals surface area contributed by atoms with Crippen LogP contribution in [0.3, 0.4) is 0 Å². The van der Waals surface area contributed by atoms with Gasteiger partial charge in [-0.3, -0.25) is 4.68 Å². The van der Waals surface area contributed by atoms with E-state index in [1.807, 2.05) is 18.7 Å². The second-order valence-electron chi connectivity index (χ2n) is 5.30. The van der Waals surface area contributed by atoms with Crippen LogP contribution in [0.4, 0.5) is 5.82 Å². The third kappa shape index (κ3) is 2.52. The Hall–Kier alpha value is -1.72. The average Bonchev–Trinajstić information content (AvgIpc) is 2.72. The van der Waals surface area contributed by atoms with Gasteiger partial charge in [0.25, 0.3) is 0 Å². The van der Waals surface area contributed by atoms with Crippen LogP contribution in [0.25, 0.3) is 0 Å². The molecule has 0 amide bonds. The SMILES string of the molecule is Cc1nn(C)c(N(C)C2CCCCC2)c1C(N)=NO. The molecular formula is C13H23N5O. The lowest BCUT2D eigenvalue weighted by molar-refractivity contribution is 0.318. The molecule has 0 unspecified atom stereocenters. The summed E-state index contributed by atoms with van der Waals surface area (Å²) in [6, 6.07) is 0.508. The number of aryl methyl sites for hydroxylation is 2. The van der Waals surface area contributed by atoms with Crippen molar-refractivity contribution in [1.82, 2.24) is 9.78 Å². The molecule has 6 nitrogen and oxygen atoms in total. The topological polar surface area (TPSA) is 79.7 Å². The molecule has 0 radical (unpaired) electrons. The number of anilines is 1. The van der Waals surface area contributed by atoms with E-state index in [1.54, 1.807) is 0 Å². The summed E-state index contributed by atoms with van der Waals surface area (Å²) in [5.74, 6) is 1.06. The zero-order valence-corrected chi connectivity index (χ0v) is 11.9. The van der Waals surface area contributed by atoms with E-state index in [2.05, 4.69) is 22.2 Å². The molecule has 0 spiro atoms. The van der Waals surface area contributed by atoms with E-state index in [-0.39, 0.29) is 5.84 Å². The fraction of sp³-hybridized carbons (Fsp3) is 0.692. The molecule has 1 heterocycles. The first-order chi connectivity index (χ1) is 9.06. The minimum absolute atomic E-state index is 0.128. The fourth-order valence-corrected chi connectivity index (χ4v) is 3.04. The van der Waals surface area contributed by atoms with Crippen LogP contribution in [0.15, 0.2) is 5.16 Å². The smallest absolute Gasteiger partial charge is 0.175 e. The molecular weight excluding hydrogens is 242 g/mol. The van der Waals surface area contributed by atoms with Gasteiger partial charge in [0.2, 0.25) is 0 Å². The molecule has 1 aromatic rings. The minimum atomic E-state index is 0.128. The van der Waals surface area contributed by atoms with Gasteiger partial charge in [0, 0.05) is 20.1 Å². The largest absolute Gasteiger partial charge is 0.409 e. The van der Waals surface area contributed by atoms with Gasteiger partial charge in [-0.2, -0.15) is 5.10 Å². The number of hydrogen-bond donors (Lipinski definition) is 2. The van der Waals surface area contributed by atoms with Crippen LogP contribution in [0.2, 0.25) is 0 Å². The molecule has 1 fully saturated rings.